The third-order valence-electron chi connectivity index (χ3n) is 3.11. The summed E-state index contributed by atoms with van der Waals surface area (Å²) in [5, 5.41) is 11.3. The number of rotatable bonds is 5. The van der Waals surface area contributed by atoms with Gasteiger partial charge in [0.25, 0.3) is 11.6 Å². The minimum Gasteiger partial charge on any atom is -0.336 e. The molecule has 0 spiro atoms. The molecule has 0 N–H and O–H groups in total. The molecule has 1 amide bonds. The minimum atomic E-state index is -0.561. The Balaban J connectivity index is 3.24. The number of halogens is 1. The van der Waals surface area contributed by atoms with Crippen molar-refractivity contribution in [2.45, 2.75) is 33.2 Å². The molecular weight excluding hydrogens is 268 g/mol. The maximum absolute atomic E-state index is 12.4. The highest BCUT2D eigenvalue weighted by Crippen LogP contribution is 2.25. The summed E-state index contributed by atoms with van der Waals surface area (Å²) in [5.41, 5.74) is -0.171. The number of nitro benzene ring substituents is 1. The van der Waals surface area contributed by atoms with Gasteiger partial charge in [0.1, 0.15) is 5.56 Å². The van der Waals surface area contributed by atoms with E-state index in [-0.39, 0.29) is 23.2 Å². The van der Waals surface area contributed by atoms with Crippen LogP contribution in [-0.2, 0) is 0 Å². The van der Waals surface area contributed by atoms with Crippen LogP contribution in [0.1, 0.15) is 37.6 Å². The molecule has 0 aromatic heterocycles. The predicted molar refractivity (Wildman–Crippen MR) is 74.6 cm³/mol. The first-order valence-corrected chi connectivity index (χ1v) is 6.55. The van der Waals surface area contributed by atoms with Crippen molar-refractivity contribution in [3.05, 3.63) is 38.9 Å². The Hall–Kier alpha value is -1.62. The van der Waals surface area contributed by atoms with Crippen LogP contribution in [0.5, 0.6) is 0 Å². The van der Waals surface area contributed by atoms with Crippen LogP contribution in [0.4, 0.5) is 5.69 Å². The maximum Gasteiger partial charge on any atom is 0.282 e. The Labute approximate surface area is 117 Å². The second-order valence-electron chi connectivity index (χ2n) is 4.27. The Morgan fingerprint density at radius 3 is 2.58 bits per heavy atom. The molecule has 0 aliphatic carbocycles. The molecule has 0 fully saturated rings. The van der Waals surface area contributed by atoms with E-state index in [1.807, 2.05) is 20.8 Å². The number of nitro groups is 1. The number of hydrogen-bond acceptors (Lipinski definition) is 3. The van der Waals surface area contributed by atoms with Crippen molar-refractivity contribution < 1.29 is 9.72 Å². The fraction of sp³-hybridized carbons (Fsp3) is 0.462. The molecule has 1 unspecified atom stereocenters. The Kier molecular flexibility index (Phi) is 5.30. The molecule has 5 nitrogen and oxygen atoms in total. The third kappa shape index (κ3) is 3.44. The molecule has 0 saturated heterocycles. The van der Waals surface area contributed by atoms with Gasteiger partial charge in [0.15, 0.2) is 0 Å². The summed E-state index contributed by atoms with van der Waals surface area (Å²) in [4.78, 5) is 24.4. The summed E-state index contributed by atoms with van der Waals surface area (Å²) < 4.78 is 0. The number of carbonyl (C=O) groups is 1. The van der Waals surface area contributed by atoms with E-state index in [2.05, 4.69) is 0 Å². The summed E-state index contributed by atoms with van der Waals surface area (Å²) in [6.45, 7) is 6.22. The monoisotopic (exact) mass is 284 g/mol. The van der Waals surface area contributed by atoms with Gasteiger partial charge in [-0.25, -0.2) is 0 Å². The normalized spacial score (nSPS) is 12.0. The average Bonchev–Trinajstić information content (AvgIpc) is 2.38. The Bertz CT molecular complexity index is 491. The summed E-state index contributed by atoms with van der Waals surface area (Å²) >= 11 is 5.83. The first-order chi connectivity index (χ1) is 8.92. The van der Waals surface area contributed by atoms with Crippen molar-refractivity contribution in [1.82, 2.24) is 4.90 Å². The molecule has 104 valence electrons. The quantitative estimate of drug-likeness (QED) is 0.614. The molecule has 0 saturated carbocycles. The summed E-state index contributed by atoms with van der Waals surface area (Å²) in [6, 6.07) is 4.05. The maximum atomic E-state index is 12.4. The zero-order chi connectivity index (χ0) is 14.6. The van der Waals surface area contributed by atoms with E-state index in [9.17, 15) is 14.9 Å². The lowest BCUT2D eigenvalue weighted by molar-refractivity contribution is -0.385. The van der Waals surface area contributed by atoms with Gasteiger partial charge < -0.3 is 4.90 Å². The molecule has 0 aliphatic rings. The number of nitrogens with zero attached hydrogens (tertiary/aromatic N) is 2. The van der Waals surface area contributed by atoms with E-state index >= 15 is 0 Å². The standard InChI is InChI=1S/C13H17ClN2O3/c1-4-9(3)15(5-2)13(17)11-8-10(14)6-7-12(11)16(18)19/h6-9H,4-5H2,1-3H3. The van der Waals surface area contributed by atoms with Crippen LogP contribution in [0, 0.1) is 10.1 Å². The van der Waals surface area contributed by atoms with Gasteiger partial charge >= 0.3 is 0 Å². The van der Waals surface area contributed by atoms with E-state index in [0.717, 1.165) is 6.42 Å². The Morgan fingerprint density at radius 2 is 2.11 bits per heavy atom. The van der Waals surface area contributed by atoms with Crippen LogP contribution in [0.15, 0.2) is 18.2 Å². The number of hydrogen-bond donors (Lipinski definition) is 0. The fourth-order valence-electron chi connectivity index (χ4n) is 1.87. The van der Waals surface area contributed by atoms with Crippen molar-refractivity contribution in [3.63, 3.8) is 0 Å². The number of carbonyl (C=O) groups excluding carboxylic acids is 1. The summed E-state index contributed by atoms with van der Waals surface area (Å²) in [6.07, 6.45) is 0.786. The molecule has 1 aromatic carbocycles. The highest BCUT2D eigenvalue weighted by atomic mass is 35.5. The molecule has 19 heavy (non-hydrogen) atoms. The molecule has 0 heterocycles. The summed E-state index contributed by atoms with van der Waals surface area (Å²) in [5.74, 6) is -0.356. The number of amides is 1. The highest BCUT2D eigenvalue weighted by molar-refractivity contribution is 6.31. The van der Waals surface area contributed by atoms with E-state index in [4.69, 9.17) is 11.6 Å². The van der Waals surface area contributed by atoms with Gasteiger partial charge in [-0.05, 0) is 32.4 Å². The highest BCUT2D eigenvalue weighted by Gasteiger charge is 2.26. The van der Waals surface area contributed by atoms with Crippen LogP contribution in [-0.4, -0.2) is 28.3 Å². The predicted octanol–water partition coefficient (Wildman–Crippen LogP) is 3.51. The van der Waals surface area contributed by atoms with Gasteiger partial charge in [-0.1, -0.05) is 18.5 Å². The van der Waals surface area contributed by atoms with Gasteiger partial charge in [0.05, 0.1) is 4.92 Å². The van der Waals surface area contributed by atoms with Crippen molar-refractivity contribution in [2.24, 2.45) is 0 Å². The zero-order valence-electron chi connectivity index (χ0n) is 11.2. The lowest BCUT2D eigenvalue weighted by atomic mass is 10.1. The van der Waals surface area contributed by atoms with Crippen molar-refractivity contribution >= 4 is 23.2 Å². The van der Waals surface area contributed by atoms with Crippen molar-refractivity contribution in [1.29, 1.82) is 0 Å². The first kappa shape index (κ1) is 15.4. The number of benzene rings is 1. The van der Waals surface area contributed by atoms with Gasteiger partial charge in [0.2, 0.25) is 0 Å². The summed E-state index contributed by atoms with van der Waals surface area (Å²) in [7, 11) is 0. The third-order valence-corrected chi connectivity index (χ3v) is 3.35. The lowest BCUT2D eigenvalue weighted by Gasteiger charge is -2.27. The zero-order valence-corrected chi connectivity index (χ0v) is 12.0. The second-order valence-corrected chi connectivity index (χ2v) is 4.70. The van der Waals surface area contributed by atoms with Crippen molar-refractivity contribution in [2.75, 3.05) is 6.54 Å². The second kappa shape index (κ2) is 6.52. The molecular formula is C13H17ClN2O3. The van der Waals surface area contributed by atoms with E-state index in [1.165, 1.54) is 18.2 Å². The largest absolute Gasteiger partial charge is 0.336 e. The van der Waals surface area contributed by atoms with Gasteiger partial charge in [-0.15, -0.1) is 0 Å². The Morgan fingerprint density at radius 1 is 1.47 bits per heavy atom. The topological polar surface area (TPSA) is 63.5 Å². The molecule has 1 rings (SSSR count). The van der Waals surface area contributed by atoms with E-state index in [0.29, 0.717) is 11.6 Å². The van der Waals surface area contributed by atoms with E-state index in [1.54, 1.807) is 4.90 Å². The van der Waals surface area contributed by atoms with E-state index < -0.39 is 4.92 Å². The average molecular weight is 285 g/mol. The van der Waals surface area contributed by atoms with Crippen LogP contribution < -0.4 is 0 Å². The smallest absolute Gasteiger partial charge is 0.282 e. The van der Waals surface area contributed by atoms with Crippen LogP contribution in [0.2, 0.25) is 5.02 Å². The van der Waals surface area contributed by atoms with Crippen LogP contribution in [0.25, 0.3) is 0 Å². The molecule has 0 radical (unpaired) electrons. The minimum absolute atomic E-state index is 0.0242. The molecule has 1 aromatic rings. The van der Waals surface area contributed by atoms with Crippen LogP contribution >= 0.6 is 11.6 Å². The molecule has 1 atom stereocenters. The molecule has 0 aliphatic heterocycles. The lowest BCUT2D eigenvalue weighted by Crippen LogP contribution is -2.38. The molecule has 0 bridgehead atoms. The first-order valence-electron chi connectivity index (χ1n) is 6.17. The van der Waals surface area contributed by atoms with Crippen LogP contribution in [0.3, 0.4) is 0 Å². The van der Waals surface area contributed by atoms with Gasteiger partial charge in [-0.2, -0.15) is 0 Å². The molecule has 6 heteroatoms. The SMILES string of the molecule is CCC(C)N(CC)C(=O)c1cc(Cl)ccc1[N+](=O)[O-]. The van der Waals surface area contributed by atoms with Gasteiger partial charge in [0, 0.05) is 23.7 Å². The fourth-order valence-corrected chi connectivity index (χ4v) is 2.04. The van der Waals surface area contributed by atoms with Crippen molar-refractivity contribution in [3.8, 4) is 0 Å². The van der Waals surface area contributed by atoms with Gasteiger partial charge in [-0.3, -0.25) is 14.9 Å².